The van der Waals surface area contributed by atoms with Gasteiger partial charge in [-0.05, 0) is 37.1 Å². The van der Waals surface area contributed by atoms with E-state index in [1.165, 1.54) is 4.57 Å². The van der Waals surface area contributed by atoms with Crippen LogP contribution in [0.3, 0.4) is 0 Å². The van der Waals surface area contributed by atoms with Gasteiger partial charge in [0.1, 0.15) is 37.6 Å². The zero-order chi connectivity index (χ0) is 38.6. The van der Waals surface area contributed by atoms with E-state index < -0.39 is 88.1 Å². The number of aliphatic hydroxyl groups excluding tert-OH is 3. The molecule has 0 saturated heterocycles. The average molecular weight is 782 g/mol. The van der Waals surface area contributed by atoms with E-state index in [2.05, 4.69) is 38.3 Å². The van der Waals surface area contributed by atoms with Crippen molar-refractivity contribution in [2.75, 3.05) is 12.3 Å². The van der Waals surface area contributed by atoms with Crippen LogP contribution in [-0.2, 0) is 35.6 Å². The second-order valence-electron chi connectivity index (χ2n) is 11.5. The highest BCUT2D eigenvalue weighted by atomic mass is 31.3. The van der Waals surface area contributed by atoms with Crippen LogP contribution in [0.15, 0.2) is 38.8 Å². The van der Waals surface area contributed by atoms with Crippen LogP contribution in [0.1, 0.15) is 16.9 Å². The smallest absolute Gasteiger partial charge is 0.481 e. The number of nitrogens with two attached hydrogens (primary N) is 1. The van der Waals surface area contributed by atoms with Crippen molar-refractivity contribution in [2.45, 2.75) is 45.3 Å². The molecule has 4 aromatic rings. The molecule has 0 spiro atoms. The Kier molecular flexibility index (Phi) is 9.95. The summed E-state index contributed by atoms with van der Waals surface area (Å²) in [5.74, 6) is -3.18. The van der Waals surface area contributed by atoms with Gasteiger partial charge in [-0.1, -0.05) is 0 Å². The van der Waals surface area contributed by atoms with E-state index in [1.54, 1.807) is 26.0 Å². The first-order valence-corrected chi connectivity index (χ1v) is 17.9. The van der Waals surface area contributed by atoms with Crippen LogP contribution >= 0.6 is 15.6 Å². The van der Waals surface area contributed by atoms with Crippen molar-refractivity contribution < 1.29 is 62.2 Å². The lowest BCUT2D eigenvalue weighted by Gasteiger charge is -2.26. The number of benzene rings is 1. The summed E-state index contributed by atoms with van der Waals surface area (Å²) in [7, 11) is -11.1. The highest BCUT2D eigenvalue weighted by molar-refractivity contribution is 7.61. The molecule has 10 N–H and O–H groups in total. The van der Waals surface area contributed by atoms with Gasteiger partial charge in [-0.2, -0.15) is 9.29 Å². The van der Waals surface area contributed by atoms with Crippen LogP contribution in [0.25, 0.3) is 39.6 Å². The molecule has 5 atom stereocenters. The Hall–Kier alpha value is -5.13. The summed E-state index contributed by atoms with van der Waals surface area (Å²) < 4.78 is 46.0. The van der Waals surface area contributed by atoms with Crippen molar-refractivity contribution in [2.24, 2.45) is 0 Å². The molecule has 0 fully saturated rings. The molecule has 0 saturated carbocycles. The first kappa shape index (κ1) is 37.6. The summed E-state index contributed by atoms with van der Waals surface area (Å²) in [6.07, 6.45) is -3.95. The number of phosphoric acid groups is 2. The number of aromatic amines is 1. The average Bonchev–Trinajstić information content (AvgIpc) is 3.63. The van der Waals surface area contributed by atoms with Crippen LogP contribution < -0.4 is 17.0 Å². The summed E-state index contributed by atoms with van der Waals surface area (Å²) in [5.41, 5.74) is 5.91. The lowest BCUT2D eigenvalue weighted by Crippen LogP contribution is -2.42. The Balaban J connectivity index is 1.10. The summed E-state index contributed by atoms with van der Waals surface area (Å²) in [6.45, 7) is 0.602. The van der Waals surface area contributed by atoms with Crippen molar-refractivity contribution in [3.05, 3.63) is 62.5 Å². The number of hydrogen-bond acceptors (Lipinski definition) is 19. The molecular formula is C27H29N9O15P2. The monoisotopic (exact) mass is 781 g/mol. The molecule has 0 aliphatic carbocycles. The molecule has 0 radical (unpaired) electrons. The number of H-pyrrole nitrogens is 1. The van der Waals surface area contributed by atoms with Gasteiger partial charge in [-0.3, -0.25) is 18.8 Å². The summed E-state index contributed by atoms with van der Waals surface area (Å²) in [6, 6.07) is 3.29. The topological polar surface area (TPSA) is 367 Å². The number of rotatable bonds is 13. The van der Waals surface area contributed by atoms with Crippen molar-refractivity contribution in [1.82, 2.24) is 39.0 Å². The number of aryl methyl sites for hydroxylation is 2. The number of aliphatic hydroxyl groups is 3. The number of aromatic hydroxyl groups is 2. The quantitative estimate of drug-likeness (QED) is 0.0524. The predicted octanol–water partition coefficient (Wildman–Crippen LogP) is -0.550. The molecule has 5 heterocycles. The number of furan rings is 1. The maximum absolute atomic E-state index is 12.5. The van der Waals surface area contributed by atoms with Gasteiger partial charge < -0.3 is 50.0 Å². The third-order valence-electron chi connectivity index (χ3n) is 7.85. The van der Waals surface area contributed by atoms with E-state index >= 15 is 0 Å². The van der Waals surface area contributed by atoms with Gasteiger partial charge in [-0.25, -0.2) is 38.4 Å². The highest BCUT2D eigenvalue weighted by Gasteiger charge is 2.38. The summed E-state index contributed by atoms with van der Waals surface area (Å²) in [4.78, 5) is 66.4. The third kappa shape index (κ3) is 7.54. The molecule has 0 amide bonds. The van der Waals surface area contributed by atoms with E-state index in [4.69, 9.17) is 10.2 Å². The molecule has 5 unspecified atom stereocenters. The first-order chi connectivity index (χ1) is 24.9. The zero-order valence-corrected chi connectivity index (χ0v) is 29.0. The van der Waals surface area contributed by atoms with E-state index in [1.807, 2.05) is 4.98 Å². The number of fused-ring (bicyclic) bond motifs is 3. The number of phosphoric ester groups is 2. The molecule has 0 bridgehead atoms. The van der Waals surface area contributed by atoms with Gasteiger partial charge in [-0.15, -0.1) is 0 Å². The fourth-order valence-corrected chi connectivity index (χ4v) is 7.12. The van der Waals surface area contributed by atoms with Crippen LogP contribution in [-0.4, -0.2) is 99.3 Å². The van der Waals surface area contributed by atoms with E-state index in [-0.39, 0.29) is 34.0 Å². The third-order valence-corrected chi connectivity index (χ3v) is 10.4. The first-order valence-electron chi connectivity index (χ1n) is 14.9. The number of anilines is 1. The molecule has 53 heavy (non-hydrogen) atoms. The molecule has 24 nitrogen and oxygen atoms in total. The van der Waals surface area contributed by atoms with E-state index in [0.29, 0.717) is 5.52 Å². The Labute approximate surface area is 293 Å². The molecule has 3 aromatic heterocycles. The molecule has 6 rings (SSSR count). The Bertz CT molecular complexity index is 2550. The molecule has 1 aromatic carbocycles. The Morgan fingerprint density at radius 1 is 0.962 bits per heavy atom. The second-order valence-corrected chi connectivity index (χ2v) is 14.5. The number of aromatic nitrogens is 8. The fourth-order valence-electron chi connectivity index (χ4n) is 5.08. The number of nitrogens with zero attached hydrogens (tertiary/aromatic N) is 7. The lowest BCUT2D eigenvalue weighted by atomic mass is 10.1. The molecule has 282 valence electrons. The van der Waals surface area contributed by atoms with Crippen LogP contribution in [0.4, 0.5) is 5.82 Å². The van der Waals surface area contributed by atoms with Gasteiger partial charge in [0.2, 0.25) is 11.5 Å². The molecular weight excluding hydrogens is 752 g/mol. The maximum atomic E-state index is 12.5. The Morgan fingerprint density at radius 2 is 1.66 bits per heavy atom. The van der Waals surface area contributed by atoms with E-state index in [0.717, 1.165) is 28.3 Å². The minimum absolute atomic E-state index is 0.00687. The minimum atomic E-state index is -5.57. The fraction of sp³-hybridized carbons (Fsp3) is 0.296. The minimum Gasteiger partial charge on any atom is -0.502 e. The predicted molar refractivity (Wildman–Crippen MR) is 177 cm³/mol. The van der Waals surface area contributed by atoms with Gasteiger partial charge in [0.05, 0.1) is 24.2 Å². The summed E-state index contributed by atoms with van der Waals surface area (Å²) in [5, 5.41) is 52.7. The van der Waals surface area contributed by atoms with Crippen molar-refractivity contribution in [1.29, 1.82) is 0 Å². The molecule has 2 aliphatic rings. The summed E-state index contributed by atoms with van der Waals surface area (Å²) >= 11 is 0. The van der Waals surface area contributed by atoms with Crippen LogP contribution in [0.5, 0.6) is 11.5 Å². The number of imidazole rings is 1. The van der Waals surface area contributed by atoms with Gasteiger partial charge in [0.25, 0.3) is 11.4 Å². The number of hydrogen-bond donors (Lipinski definition) is 9. The number of nitrogens with one attached hydrogen (secondary N) is 1. The highest BCUT2D eigenvalue weighted by Crippen LogP contribution is 2.61. The van der Waals surface area contributed by atoms with Gasteiger partial charge in [0, 0.05) is 0 Å². The van der Waals surface area contributed by atoms with E-state index in [9.17, 15) is 54.0 Å². The largest absolute Gasteiger partial charge is 0.502 e. The van der Waals surface area contributed by atoms with Crippen LogP contribution in [0, 0.1) is 13.8 Å². The molecule has 26 heteroatoms. The standard InChI is InChI=1S/C27H29N9O15P2/c1-10-3-12-13(4-11(10)2)35(24-18(32-12)25(42)34-27(43)33-24)5-14(37)19(39)15(38)6-48-52(44,45)51-53(46,47)49-7-16-20(40)21(41)26(50-16)36-9-31-17-22(28)29-8-30-23(17)36/h3-4,8-9,14-15,19,37-41H,5-7H2,1-2H3,(H,44,45)(H,46,47)(H2,28,29,30)(H,34,42,43). The van der Waals surface area contributed by atoms with Gasteiger partial charge in [0.15, 0.2) is 34.3 Å². The lowest BCUT2D eigenvalue weighted by molar-refractivity contribution is -0.0793. The normalized spacial score (nSPS) is 16.1. The second kappa shape index (κ2) is 14.0. The zero-order valence-electron chi connectivity index (χ0n) is 27.2. The SMILES string of the molecule is Cc1cc2nc3c(=O)[nH]c(=O)nc-3n(CC(O)C(O)C(O)COP(=O)(O)OP(=O)(O)OCc3oc(-n4cnc5c(N)ncnc54)c(O)c3O)c2cc1C. The van der Waals surface area contributed by atoms with Crippen LogP contribution in [0.2, 0.25) is 0 Å². The number of nitrogen functional groups attached to an aromatic ring is 1. The molecule has 2 aliphatic heterocycles. The van der Waals surface area contributed by atoms with Gasteiger partial charge >= 0.3 is 21.3 Å². The van der Waals surface area contributed by atoms with Crippen molar-refractivity contribution in [3.8, 4) is 28.9 Å². The van der Waals surface area contributed by atoms with Crippen molar-refractivity contribution in [3.63, 3.8) is 0 Å². The van der Waals surface area contributed by atoms with Crippen molar-refractivity contribution >= 4 is 43.7 Å². The maximum Gasteiger partial charge on any atom is 0.481 e. The Morgan fingerprint density at radius 3 is 2.40 bits per heavy atom.